The number of methoxy groups -OCH3 is 1. The average Bonchev–Trinajstić information content (AvgIpc) is 2.71. The van der Waals surface area contributed by atoms with Crippen molar-refractivity contribution < 1.29 is 14.2 Å². The summed E-state index contributed by atoms with van der Waals surface area (Å²) >= 11 is 3.41. The second-order valence-corrected chi connectivity index (χ2v) is 7.14. The number of ether oxygens (including phenoxy) is 3. The standard InChI is InChI=1S/C22H22BrNO4/c1-16-22(28-15-17-3-5-18(23)6-4-17)21(25)11-12-24(16)13-14-27-20-9-7-19(26-2)8-10-20/h3-12H,13-15H2,1-2H3. The molecule has 0 atom stereocenters. The predicted octanol–water partition coefficient (Wildman–Crippen LogP) is 4.59. The molecule has 3 aromatic rings. The molecule has 1 heterocycles. The number of aromatic nitrogens is 1. The van der Waals surface area contributed by atoms with Crippen molar-refractivity contribution >= 4 is 15.9 Å². The molecule has 3 rings (SSSR count). The van der Waals surface area contributed by atoms with Crippen molar-refractivity contribution in [2.75, 3.05) is 13.7 Å². The van der Waals surface area contributed by atoms with Crippen LogP contribution in [0.3, 0.4) is 0 Å². The highest BCUT2D eigenvalue weighted by atomic mass is 79.9. The first kappa shape index (κ1) is 20.0. The molecule has 0 saturated carbocycles. The molecule has 0 amide bonds. The molecule has 146 valence electrons. The number of benzene rings is 2. The molecule has 0 bridgehead atoms. The largest absolute Gasteiger partial charge is 0.497 e. The monoisotopic (exact) mass is 443 g/mol. The molecule has 0 aliphatic carbocycles. The van der Waals surface area contributed by atoms with Crippen LogP contribution in [0.15, 0.2) is 70.1 Å². The molecule has 0 aliphatic heterocycles. The third-order valence-corrected chi connectivity index (χ3v) is 4.87. The summed E-state index contributed by atoms with van der Waals surface area (Å²) in [5.41, 5.74) is 1.66. The number of hydrogen-bond donors (Lipinski definition) is 0. The maximum absolute atomic E-state index is 12.2. The van der Waals surface area contributed by atoms with E-state index in [4.69, 9.17) is 14.2 Å². The van der Waals surface area contributed by atoms with Gasteiger partial charge in [-0.15, -0.1) is 0 Å². The van der Waals surface area contributed by atoms with Gasteiger partial charge in [-0.2, -0.15) is 0 Å². The van der Waals surface area contributed by atoms with Crippen molar-refractivity contribution in [2.24, 2.45) is 0 Å². The number of nitrogens with zero attached hydrogens (tertiary/aromatic N) is 1. The lowest BCUT2D eigenvalue weighted by molar-refractivity contribution is 0.283. The van der Waals surface area contributed by atoms with E-state index in [1.165, 1.54) is 6.07 Å². The van der Waals surface area contributed by atoms with Gasteiger partial charge in [0.1, 0.15) is 24.7 Å². The van der Waals surface area contributed by atoms with E-state index >= 15 is 0 Å². The van der Waals surface area contributed by atoms with Crippen LogP contribution in [0.1, 0.15) is 11.3 Å². The van der Waals surface area contributed by atoms with Crippen LogP contribution >= 0.6 is 15.9 Å². The predicted molar refractivity (Wildman–Crippen MR) is 112 cm³/mol. The van der Waals surface area contributed by atoms with Crippen molar-refractivity contribution in [3.8, 4) is 17.2 Å². The summed E-state index contributed by atoms with van der Waals surface area (Å²) in [6.45, 7) is 3.30. The van der Waals surface area contributed by atoms with Crippen molar-refractivity contribution in [1.82, 2.24) is 4.57 Å². The molecule has 0 fully saturated rings. The number of pyridine rings is 1. The molecule has 28 heavy (non-hydrogen) atoms. The van der Waals surface area contributed by atoms with Gasteiger partial charge in [-0.3, -0.25) is 4.79 Å². The highest BCUT2D eigenvalue weighted by Gasteiger charge is 2.09. The van der Waals surface area contributed by atoms with Gasteiger partial charge in [0.2, 0.25) is 5.43 Å². The molecule has 5 nitrogen and oxygen atoms in total. The van der Waals surface area contributed by atoms with Crippen LogP contribution in [0.2, 0.25) is 0 Å². The van der Waals surface area contributed by atoms with Gasteiger partial charge in [-0.25, -0.2) is 0 Å². The topological polar surface area (TPSA) is 49.7 Å². The number of hydrogen-bond acceptors (Lipinski definition) is 4. The second kappa shape index (κ2) is 9.46. The molecular weight excluding hydrogens is 422 g/mol. The zero-order valence-corrected chi connectivity index (χ0v) is 17.4. The fourth-order valence-corrected chi connectivity index (χ4v) is 3.01. The van der Waals surface area contributed by atoms with E-state index in [0.29, 0.717) is 25.5 Å². The van der Waals surface area contributed by atoms with E-state index in [1.807, 2.05) is 60.0 Å². The van der Waals surface area contributed by atoms with Gasteiger partial charge < -0.3 is 18.8 Å². The zero-order valence-electron chi connectivity index (χ0n) is 15.9. The summed E-state index contributed by atoms with van der Waals surface area (Å²) in [5.74, 6) is 1.93. The van der Waals surface area contributed by atoms with Gasteiger partial charge in [0.15, 0.2) is 5.75 Å². The molecule has 0 radical (unpaired) electrons. The first-order chi connectivity index (χ1) is 13.6. The summed E-state index contributed by atoms with van der Waals surface area (Å²) in [7, 11) is 1.63. The third kappa shape index (κ3) is 5.16. The summed E-state index contributed by atoms with van der Waals surface area (Å²) in [5, 5.41) is 0. The molecule has 0 unspecified atom stereocenters. The minimum atomic E-state index is -0.123. The minimum absolute atomic E-state index is 0.123. The summed E-state index contributed by atoms with van der Waals surface area (Å²) in [6.07, 6.45) is 1.77. The van der Waals surface area contributed by atoms with Crippen molar-refractivity contribution in [3.05, 3.63) is 86.7 Å². The maximum atomic E-state index is 12.2. The Morgan fingerprint density at radius 1 is 0.929 bits per heavy atom. The van der Waals surface area contributed by atoms with Crippen LogP contribution in [0.25, 0.3) is 0 Å². The van der Waals surface area contributed by atoms with Crippen LogP contribution in [-0.4, -0.2) is 18.3 Å². The molecule has 0 spiro atoms. The van der Waals surface area contributed by atoms with Crippen LogP contribution in [0.4, 0.5) is 0 Å². The van der Waals surface area contributed by atoms with E-state index < -0.39 is 0 Å². The molecule has 6 heteroatoms. The van der Waals surface area contributed by atoms with Gasteiger partial charge in [-0.1, -0.05) is 28.1 Å². The van der Waals surface area contributed by atoms with Crippen molar-refractivity contribution in [1.29, 1.82) is 0 Å². The Bertz CT molecular complexity index is 965. The zero-order chi connectivity index (χ0) is 19.9. The Kier molecular flexibility index (Phi) is 6.76. The lowest BCUT2D eigenvalue weighted by Gasteiger charge is -2.15. The summed E-state index contributed by atoms with van der Waals surface area (Å²) in [6, 6.07) is 16.8. The normalized spacial score (nSPS) is 10.5. The summed E-state index contributed by atoms with van der Waals surface area (Å²) < 4.78 is 19.7. The van der Waals surface area contributed by atoms with Gasteiger partial charge >= 0.3 is 0 Å². The quantitative estimate of drug-likeness (QED) is 0.510. The van der Waals surface area contributed by atoms with Crippen LogP contribution in [0.5, 0.6) is 17.2 Å². The van der Waals surface area contributed by atoms with Crippen LogP contribution in [-0.2, 0) is 13.2 Å². The minimum Gasteiger partial charge on any atom is -0.497 e. The summed E-state index contributed by atoms with van der Waals surface area (Å²) in [4.78, 5) is 12.2. The van der Waals surface area contributed by atoms with Crippen LogP contribution in [0, 0.1) is 6.92 Å². The van der Waals surface area contributed by atoms with Gasteiger partial charge in [0, 0.05) is 16.7 Å². The SMILES string of the molecule is COc1ccc(OCCn2ccc(=O)c(OCc3ccc(Br)cc3)c2C)cc1. The first-order valence-electron chi connectivity index (χ1n) is 8.91. The molecular formula is C22H22BrNO4. The van der Waals surface area contributed by atoms with E-state index in [2.05, 4.69) is 15.9 Å². The highest BCUT2D eigenvalue weighted by molar-refractivity contribution is 9.10. The fraction of sp³-hybridized carbons (Fsp3) is 0.227. The van der Waals surface area contributed by atoms with E-state index in [0.717, 1.165) is 27.2 Å². The average molecular weight is 444 g/mol. The Morgan fingerprint density at radius 3 is 2.29 bits per heavy atom. The molecule has 1 aromatic heterocycles. The van der Waals surface area contributed by atoms with Gasteiger partial charge in [0.05, 0.1) is 19.3 Å². The Balaban J connectivity index is 1.62. The highest BCUT2D eigenvalue weighted by Crippen LogP contribution is 2.18. The second-order valence-electron chi connectivity index (χ2n) is 6.23. The van der Waals surface area contributed by atoms with E-state index in [9.17, 15) is 4.79 Å². The maximum Gasteiger partial charge on any atom is 0.223 e. The van der Waals surface area contributed by atoms with E-state index in [-0.39, 0.29) is 5.43 Å². The Labute approximate surface area is 172 Å². The molecule has 0 aliphatic rings. The lowest BCUT2D eigenvalue weighted by atomic mass is 10.2. The molecule has 0 saturated heterocycles. The molecule has 0 N–H and O–H groups in total. The van der Waals surface area contributed by atoms with E-state index in [1.54, 1.807) is 13.3 Å². The van der Waals surface area contributed by atoms with Gasteiger partial charge in [-0.05, 0) is 48.9 Å². The Morgan fingerprint density at radius 2 is 1.61 bits per heavy atom. The fourth-order valence-electron chi connectivity index (χ4n) is 2.74. The smallest absolute Gasteiger partial charge is 0.223 e. The number of halogens is 1. The van der Waals surface area contributed by atoms with Crippen LogP contribution < -0.4 is 19.6 Å². The van der Waals surface area contributed by atoms with Gasteiger partial charge in [0.25, 0.3) is 0 Å². The first-order valence-corrected chi connectivity index (χ1v) is 9.70. The third-order valence-electron chi connectivity index (χ3n) is 4.35. The lowest BCUT2D eigenvalue weighted by Crippen LogP contribution is -2.17. The Hall–Kier alpha value is -2.73. The number of rotatable bonds is 8. The molecule has 2 aromatic carbocycles. The van der Waals surface area contributed by atoms with Crippen molar-refractivity contribution in [3.63, 3.8) is 0 Å². The van der Waals surface area contributed by atoms with Crippen molar-refractivity contribution in [2.45, 2.75) is 20.1 Å².